The van der Waals surface area contributed by atoms with E-state index in [1.807, 2.05) is 24.3 Å². The summed E-state index contributed by atoms with van der Waals surface area (Å²) < 4.78 is 23.8. The quantitative estimate of drug-likeness (QED) is 0.590. The molecule has 2 aromatic rings. The van der Waals surface area contributed by atoms with E-state index in [-0.39, 0.29) is 30.2 Å². The molecule has 31 heavy (non-hydrogen) atoms. The summed E-state index contributed by atoms with van der Waals surface area (Å²) in [6, 6.07) is 13.5. The van der Waals surface area contributed by atoms with Crippen molar-refractivity contribution >= 4 is 11.7 Å². The van der Waals surface area contributed by atoms with Crippen LogP contribution in [0.2, 0.25) is 0 Å². The number of hydrogen-bond donors (Lipinski definition) is 1. The van der Waals surface area contributed by atoms with E-state index in [2.05, 4.69) is 10.2 Å². The summed E-state index contributed by atoms with van der Waals surface area (Å²) in [6.45, 7) is 2.82. The number of ketones is 1. The molecule has 0 spiro atoms. The van der Waals surface area contributed by atoms with Crippen LogP contribution in [0.4, 0.5) is 4.39 Å². The molecule has 1 aliphatic heterocycles. The second kappa shape index (κ2) is 11.7. The van der Waals surface area contributed by atoms with Crippen molar-refractivity contribution in [1.29, 1.82) is 0 Å². The maximum atomic E-state index is 13.0. The van der Waals surface area contributed by atoms with Crippen LogP contribution in [0.1, 0.15) is 34.3 Å². The summed E-state index contributed by atoms with van der Waals surface area (Å²) in [5.74, 6) is -0.512. The van der Waals surface area contributed by atoms with Crippen LogP contribution in [0.25, 0.3) is 0 Å². The molecule has 1 amide bonds. The van der Waals surface area contributed by atoms with Gasteiger partial charge in [0.15, 0.2) is 5.78 Å². The molecule has 1 fully saturated rings. The number of carbonyl (C=O) groups excluding carboxylic acids is 2. The van der Waals surface area contributed by atoms with Crippen molar-refractivity contribution in [2.24, 2.45) is 0 Å². The number of carbonyl (C=O) groups is 2. The zero-order valence-electron chi connectivity index (χ0n) is 17.8. The number of likely N-dealkylation sites (tertiary alicyclic amines) is 1. The summed E-state index contributed by atoms with van der Waals surface area (Å²) >= 11 is 0. The van der Waals surface area contributed by atoms with Crippen LogP contribution in [-0.4, -0.2) is 56.0 Å². The first-order valence-electron chi connectivity index (χ1n) is 10.5. The van der Waals surface area contributed by atoms with Crippen LogP contribution in [-0.2, 0) is 27.4 Å². The second-order valence-corrected chi connectivity index (χ2v) is 7.74. The largest absolute Gasteiger partial charge is 0.380 e. The van der Waals surface area contributed by atoms with Gasteiger partial charge in [-0.25, -0.2) is 4.39 Å². The number of halogens is 1. The van der Waals surface area contributed by atoms with Crippen LogP contribution in [0.15, 0.2) is 48.5 Å². The highest BCUT2D eigenvalue weighted by Crippen LogP contribution is 2.15. The maximum Gasteiger partial charge on any atom is 0.246 e. The van der Waals surface area contributed by atoms with Crippen molar-refractivity contribution in [2.45, 2.75) is 32.1 Å². The van der Waals surface area contributed by atoms with Crippen molar-refractivity contribution in [3.63, 3.8) is 0 Å². The van der Waals surface area contributed by atoms with Crippen molar-refractivity contribution in [1.82, 2.24) is 10.2 Å². The van der Waals surface area contributed by atoms with Gasteiger partial charge >= 0.3 is 0 Å². The molecule has 7 heteroatoms. The summed E-state index contributed by atoms with van der Waals surface area (Å²) in [6.07, 6.45) is 1.55. The van der Waals surface area contributed by atoms with E-state index in [1.165, 1.54) is 24.3 Å². The lowest BCUT2D eigenvalue weighted by Gasteiger charge is -2.31. The highest BCUT2D eigenvalue weighted by atomic mass is 19.1. The Labute approximate surface area is 182 Å². The molecule has 0 atom stereocenters. The van der Waals surface area contributed by atoms with Gasteiger partial charge in [-0.2, -0.15) is 0 Å². The number of nitrogens with zero attached hydrogens (tertiary/aromatic N) is 1. The number of methoxy groups -OCH3 is 1. The molecule has 0 aromatic heterocycles. The zero-order chi connectivity index (χ0) is 22.1. The first kappa shape index (κ1) is 23.1. The lowest BCUT2D eigenvalue weighted by Crippen LogP contribution is -2.41. The van der Waals surface area contributed by atoms with E-state index in [0.29, 0.717) is 25.3 Å². The van der Waals surface area contributed by atoms with Gasteiger partial charge in [0.1, 0.15) is 12.4 Å². The normalized spacial score (nSPS) is 15.0. The fourth-order valence-corrected chi connectivity index (χ4v) is 3.53. The fraction of sp³-hybridized carbons (Fsp3) is 0.417. The number of ether oxygens (including phenoxy) is 2. The zero-order valence-corrected chi connectivity index (χ0v) is 17.8. The predicted molar refractivity (Wildman–Crippen MR) is 115 cm³/mol. The first-order chi connectivity index (χ1) is 15.0. The van der Waals surface area contributed by atoms with E-state index in [4.69, 9.17) is 9.47 Å². The van der Waals surface area contributed by atoms with Gasteiger partial charge in [0.25, 0.3) is 0 Å². The monoisotopic (exact) mass is 428 g/mol. The van der Waals surface area contributed by atoms with E-state index >= 15 is 0 Å². The molecule has 166 valence electrons. The van der Waals surface area contributed by atoms with Gasteiger partial charge in [-0.15, -0.1) is 0 Å². The third-order valence-corrected chi connectivity index (χ3v) is 5.34. The summed E-state index contributed by atoms with van der Waals surface area (Å²) in [5, 5.41) is 2.87. The average Bonchev–Trinajstić information content (AvgIpc) is 2.79. The number of rotatable bonds is 10. The molecular formula is C24H29FN2O4. The maximum absolute atomic E-state index is 13.0. The summed E-state index contributed by atoms with van der Waals surface area (Å²) in [7, 11) is 1.66. The number of piperidine rings is 1. The lowest BCUT2D eigenvalue weighted by atomic mass is 10.1. The van der Waals surface area contributed by atoms with Gasteiger partial charge in [-0.3, -0.25) is 14.5 Å². The first-order valence-corrected chi connectivity index (χ1v) is 10.5. The van der Waals surface area contributed by atoms with Crippen LogP contribution >= 0.6 is 0 Å². The smallest absolute Gasteiger partial charge is 0.246 e. The molecule has 6 nitrogen and oxygen atoms in total. The Morgan fingerprint density at radius 3 is 2.32 bits per heavy atom. The van der Waals surface area contributed by atoms with E-state index < -0.39 is 0 Å². The van der Waals surface area contributed by atoms with Crippen molar-refractivity contribution in [3.8, 4) is 0 Å². The lowest BCUT2D eigenvalue weighted by molar-refractivity contribution is -0.128. The molecule has 0 unspecified atom stereocenters. The standard InChI is InChI=1S/C24H29FN2O4/c1-30-16-19-4-2-18(3-5-19)14-26-24(29)17-31-22-10-12-27(13-11-22)15-23(28)20-6-8-21(25)9-7-20/h2-9,22H,10-17H2,1H3,(H,26,29). The van der Waals surface area contributed by atoms with Crippen LogP contribution in [0.5, 0.6) is 0 Å². The van der Waals surface area contributed by atoms with Crippen molar-refractivity contribution < 1.29 is 23.5 Å². The van der Waals surface area contributed by atoms with E-state index in [0.717, 1.165) is 37.1 Å². The Hall–Kier alpha value is -2.61. The average molecular weight is 429 g/mol. The molecule has 1 N–H and O–H groups in total. The Bertz CT molecular complexity index is 847. The molecule has 0 saturated carbocycles. The van der Waals surface area contributed by atoms with Gasteiger partial charge in [0, 0.05) is 32.3 Å². The fourth-order valence-electron chi connectivity index (χ4n) is 3.53. The highest BCUT2D eigenvalue weighted by Gasteiger charge is 2.22. The third-order valence-electron chi connectivity index (χ3n) is 5.34. The van der Waals surface area contributed by atoms with Gasteiger partial charge in [0.05, 0.1) is 19.3 Å². The topological polar surface area (TPSA) is 67.9 Å². The Kier molecular flexibility index (Phi) is 8.70. The Morgan fingerprint density at radius 2 is 1.68 bits per heavy atom. The minimum Gasteiger partial charge on any atom is -0.380 e. The van der Waals surface area contributed by atoms with Crippen LogP contribution in [0, 0.1) is 5.82 Å². The SMILES string of the molecule is COCc1ccc(CNC(=O)COC2CCN(CC(=O)c3ccc(F)cc3)CC2)cc1. The van der Waals surface area contributed by atoms with Crippen molar-refractivity contribution in [3.05, 3.63) is 71.0 Å². The molecule has 1 saturated heterocycles. The number of nitrogens with one attached hydrogen (secondary N) is 1. The second-order valence-electron chi connectivity index (χ2n) is 7.74. The molecule has 1 heterocycles. The van der Waals surface area contributed by atoms with E-state index in [9.17, 15) is 14.0 Å². The van der Waals surface area contributed by atoms with Gasteiger partial charge in [0.2, 0.25) is 5.91 Å². The number of hydrogen-bond acceptors (Lipinski definition) is 5. The summed E-state index contributed by atoms with van der Waals surface area (Å²) in [5.41, 5.74) is 2.63. The van der Waals surface area contributed by atoms with Gasteiger partial charge in [-0.1, -0.05) is 24.3 Å². The number of benzene rings is 2. The highest BCUT2D eigenvalue weighted by molar-refractivity contribution is 5.97. The predicted octanol–water partition coefficient (Wildman–Crippen LogP) is 2.95. The van der Waals surface area contributed by atoms with Gasteiger partial charge < -0.3 is 14.8 Å². The molecule has 0 aliphatic carbocycles. The molecule has 3 rings (SSSR count). The Balaban J connectivity index is 1.32. The number of amides is 1. The molecule has 2 aromatic carbocycles. The van der Waals surface area contributed by atoms with E-state index in [1.54, 1.807) is 7.11 Å². The minimum atomic E-state index is -0.349. The molecular weight excluding hydrogens is 399 g/mol. The van der Waals surface area contributed by atoms with Gasteiger partial charge in [-0.05, 0) is 48.2 Å². The molecule has 0 radical (unpaired) electrons. The number of Topliss-reactive ketones (excluding diaryl/α,β-unsaturated/α-hetero) is 1. The third kappa shape index (κ3) is 7.54. The summed E-state index contributed by atoms with van der Waals surface area (Å²) in [4.78, 5) is 26.5. The minimum absolute atomic E-state index is 0.0104. The Morgan fingerprint density at radius 1 is 1.03 bits per heavy atom. The van der Waals surface area contributed by atoms with Crippen molar-refractivity contribution in [2.75, 3.05) is 33.4 Å². The van der Waals surface area contributed by atoms with Crippen LogP contribution in [0.3, 0.4) is 0 Å². The molecule has 0 bridgehead atoms. The van der Waals surface area contributed by atoms with Crippen LogP contribution < -0.4 is 5.32 Å². The molecule has 1 aliphatic rings.